The van der Waals surface area contributed by atoms with E-state index in [-0.39, 0.29) is 21.5 Å². The number of pyridine rings is 1. The summed E-state index contributed by atoms with van der Waals surface area (Å²) in [7, 11) is -2.62. The third-order valence-electron chi connectivity index (χ3n) is 5.27. The van der Waals surface area contributed by atoms with Gasteiger partial charge in [0, 0.05) is 30.4 Å². The Kier molecular flexibility index (Phi) is 5.05. The van der Waals surface area contributed by atoms with E-state index in [2.05, 4.69) is 25.3 Å². The summed E-state index contributed by atoms with van der Waals surface area (Å²) in [5, 5.41) is 7.75. The Morgan fingerprint density at radius 2 is 1.74 bits per heavy atom. The second kappa shape index (κ2) is 7.87. The summed E-state index contributed by atoms with van der Waals surface area (Å²) >= 11 is 0. The van der Waals surface area contributed by atoms with Gasteiger partial charge in [0.05, 0.1) is 22.5 Å². The first kappa shape index (κ1) is 22.5. The second-order valence-electron chi connectivity index (χ2n) is 7.46. The van der Waals surface area contributed by atoms with Crippen LogP contribution in [0.15, 0.2) is 66.0 Å². The Bertz CT molecular complexity index is 1680. The van der Waals surface area contributed by atoms with Crippen molar-refractivity contribution >= 4 is 27.0 Å². The number of aryl methyl sites for hydroxylation is 1. The molecule has 0 atom stereocenters. The maximum absolute atomic E-state index is 13.8. The third-order valence-corrected chi connectivity index (χ3v) is 6.93. The lowest BCUT2D eigenvalue weighted by Crippen LogP contribution is -2.13. The predicted octanol–water partition coefficient (Wildman–Crippen LogP) is 3.13. The number of hydrogen-bond acceptors (Lipinski definition) is 8. The molecule has 0 aliphatic carbocycles. The van der Waals surface area contributed by atoms with E-state index in [1.165, 1.54) is 47.3 Å². The van der Waals surface area contributed by atoms with Crippen molar-refractivity contribution in [1.82, 2.24) is 33.9 Å². The van der Waals surface area contributed by atoms with Crippen LogP contribution in [0.2, 0.25) is 0 Å². The summed E-state index contributed by atoms with van der Waals surface area (Å²) in [6.45, 7) is 0. The predicted molar refractivity (Wildman–Crippen MR) is 119 cm³/mol. The number of rotatable bonds is 4. The van der Waals surface area contributed by atoms with Gasteiger partial charge in [-0.15, -0.1) is 5.10 Å². The maximum Gasteiger partial charge on any atom is 0.419 e. The lowest BCUT2D eigenvalue weighted by atomic mass is 10.1. The first-order valence-corrected chi connectivity index (χ1v) is 11.4. The van der Waals surface area contributed by atoms with Crippen molar-refractivity contribution in [2.75, 3.05) is 5.73 Å². The third kappa shape index (κ3) is 3.77. The molecule has 0 fully saturated rings. The van der Waals surface area contributed by atoms with Crippen LogP contribution in [-0.2, 0) is 23.2 Å². The summed E-state index contributed by atoms with van der Waals surface area (Å²) in [5.74, 6) is -0.398. The van der Waals surface area contributed by atoms with E-state index in [4.69, 9.17) is 5.73 Å². The van der Waals surface area contributed by atoms with E-state index in [9.17, 15) is 21.6 Å². The summed E-state index contributed by atoms with van der Waals surface area (Å²) in [6.07, 6.45) is -1.76. The SMILES string of the molecule is Cn1nncc1-c1ccc2c(-c3nc(N)ncc3C(F)(F)F)cn(S(=O)(=O)c3ccccc3)c2n1. The molecule has 0 unspecified atom stereocenters. The normalized spacial score (nSPS) is 12.3. The molecule has 0 spiro atoms. The highest BCUT2D eigenvalue weighted by molar-refractivity contribution is 7.90. The van der Waals surface area contributed by atoms with Crippen LogP contribution < -0.4 is 5.73 Å². The number of anilines is 1. The molecule has 178 valence electrons. The van der Waals surface area contributed by atoms with Crippen molar-refractivity contribution in [3.05, 3.63) is 66.6 Å². The summed E-state index contributed by atoms with van der Waals surface area (Å²) < 4.78 is 70.7. The van der Waals surface area contributed by atoms with Crippen LogP contribution in [-0.4, -0.2) is 42.3 Å². The largest absolute Gasteiger partial charge is 0.419 e. The number of halogens is 3. The fourth-order valence-corrected chi connectivity index (χ4v) is 4.96. The number of benzene rings is 1. The molecule has 4 aromatic heterocycles. The summed E-state index contributed by atoms with van der Waals surface area (Å²) in [5.41, 5.74) is 4.43. The lowest BCUT2D eigenvalue weighted by Gasteiger charge is -2.11. The maximum atomic E-state index is 13.8. The van der Waals surface area contributed by atoms with Gasteiger partial charge in [-0.2, -0.15) is 13.2 Å². The van der Waals surface area contributed by atoms with Crippen molar-refractivity contribution in [2.45, 2.75) is 11.1 Å². The molecule has 0 aliphatic rings. The molecule has 1 aromatic carbocycles. The zero-order chi connectivity index (χ0) is 25.0. The van der Waals surface area contributed by atoms with Gasteiger partial charge < -0.3 is 5.73 Å². The molecule has 0 amide bonds. The molecule has 2 N–H and O–H groups in total. The van der Waals surface area contributed by atoms with Crippen LogP contribution in [0.25, 0.3) is 33.7 Å². The van der Waals surface area contributed by atoms with Gasteiger partial charge in [0.25, 0.3) is 10.0 Å². The molecule has 5 aromatic rings. The number of fused-ring (bicyclic) bond motifs is 1. The molecule has 10 nitrogen and oxygen atoms in total. The monoisotopic (exact) mass is 500 g/mol. The average Bonchev–Trinajstić information content (AvgIpc) is 3.42. The zero-order valence-corrected chi connectivity index (χ0v) is 18.7. The van der Waals surface area contributed by atoms with Gasteiger partial charge in [0.2, 0.25) is 5.95 Å². The van der Waals surface area contributed by atoms with Gasteiger partial charge in [-0.25, -0.2) is 32.0 Å². The van der Waals surface area contributed by atoms with Crippen molar-refractivity contribution in [3.8, 4) is 22.6 Å². The molecular formula is C21H15F3N8O2S. The molecule has 0 saturated heterocycles. The van der Waals surface area contributed by atoms with E-state index in [1.807, 2.05) is 0 Å². The molecule has 4 heterocycles. The van der Waals surface area contributed by atoms with Gasteiger partial charge in [-0.1, -0.05) is 23.4 Å². The van der Waals surface area contributed by atoms with Gasteiger partial charge in [0.1, 0.15) is 11.3 Å². The number of alkyl halides is 3. The number of aromatic nitrogens is 7. The van der Waals surface area contributed by atoms with Gasteiger partial charge in [-0.05, 0) is 24.3 Å². The molecular weight excluding hydrogens is 485 g/mol. The number of nitrogens with two attached hydrogens (primary N) is 1. The molecule has 14 heteroatoms. The van der Waals surface area contributed by atoms with E-state index < -0.39 is 33.4 Å². The highest BCUT2D eigenvalue weighted by Crippen LogP contribution is 2.40. The summed E-state index contributed by atoms with van der Waals surface area (Å²) in [6, 6.07) is 10.5. The minimum Gasteiger partial charge on any atom is -0.368 e. The highest BCUT2D eigenvalue weighted by atomic mass is 32.2. The van der Waals surface area contributed by atoms with Gasteiger partial charge >= 0.3 is 6.18 Å². The Balaban J connectivity index is 1.86. The van der Waals surface area contributed by atoms with Crippen LogP contribution in [0.4, 0.5) is 19.1 Å². The first-order valence-electron chi connectivity index (χ1n) is 9.95. The number of nitrogen functional groups attached to an aromatic ring is 1. The van der Waals surface area contributed by atoms with Crippen LogP contribution in [0, 0.1) is 0 Å². The molecule has 0 saturated carbocycles. The van der Waals surface area contributed by atoms with Gasteiger partial charge in [0.15, 0.2) is 5.65 Å². The average molecular weight is 500 g/mol. The Morgan fingerprint density at radius 1 is 1.00 bits per heavy atom. The van der Waals surface area contributed by atoms with Crippen LogP contribution in [0.3, 0.4) is 0 Å². The molecule has 0 aliphatic heterocycles. The van der Waals surface area contributed by atoms with E-state index in [0.29, 0.717) is 17.6 Å². The van der Waals surface area contributed by atoms with Crippen molar-refractivity contribution in [3.63, 3.8) is 0 Å². The lowest BCUT2D eigenvalue weighted by molar-refractivity contribution is -0.137. The highest BCUT2D eigenvalue weighted by Gasteiger charge is 2.37. The first-order chi connectivity index (χ1) is 16.6. The minimum atomic E-state index is -4.82. The van der Waals surface area contributed by atoms with E-state index in [0.717, 1.165) is 10.2 Å². The van der Waals surface area contributed by atoms with E-state index in [1.54, 1.807) is 13.1 Å². The Morgan fingerprint density at radius 3 is 2.40 bits per heavy atom. The molecule has 5 rings (SSSR count). The Hall–Kier alpha value is -4.33. The van der Waals surface area contributed by atoms with Crippen molar-refractivity contribution < 1.29 is 21.6 Å². The van der Waals surface area contributed by atoms with Crippen LogP contribution in [0.1, 0.15) is 5.56 Å². The van der Waals surface area contributed by atoms with Crippen molar-refractivity contribution in [2.24, 2.45) is 7.05 Å². The van der Waals surface area contributed by atoms with Crippen LogP contribution in [0.5, 0.6) is 0 Å². The fraction of sp³-hybridized carbons (Fsp3) is 0.0952. The molecule has 35 heavy (non-hydrogen) atoms. The zero-order valence-electron chi connectivity index (χ0n) is 17.8. The fourth-order valence-electron chi connectivity index (χ4n) is 3.63. The van der Waals surface area contributed by atoms with E-state index >= 15 is 0 Å². The second-order valence-corrected chi connectivity index (χ2v) is 9.27. The topological polar surface area (TPSA) is 134 Å². The number of nitrogens with zero attached hydrogens (tertiary/aromatic N) is 7. The minimum absolute atomic E-state index is 0.0731. The molecule has 0 radical (unpaired) electrons. The smallest absolute Gasteiger partial charge is 0.368 e. The van der Waals surface area contributed by atoms with Crippen LogP contribution >= 0.6 is 0 Å². The molecule has 0 bridgehead atoms. The van der Waals surface area contributed by atoms with Crippen molar-refractivity contribution in [1.29, 1.82) is 0 Å². The summed E-state index contributed by atoms with van der Waals surface area (Å²) in [4.78, 5) is 11.6. The Labute approximate surface area is 195 Å². The number of hydrogen-bond donors (Lipinski definition) is 1. The quantitative estimate of drug-likeness (QED) is 0.398. The standard InChI is InChI=1S/C21H15F3N8O2S/c1-31-17(10-27-30-31)16-8-7-13-14(18-15(21(22,23)24)9-26-20(25)29-18)11-32(19(13)28-16)35(33,34)12-5-3-2-4-6-12/h2-11H,1H3,(H2,25,26,29). The van der Waals surface area contributed by atoms with Gasteiger partial charge in [-0.3, -0.25) is 0 Å².